The van der Waals surface area contributed by atoms with E-state index in [4.69, 9.17) is 15.4 Å². The highest BCUT2D eigenvalue weighted by molar-refractivity contribution is 5.30. The van der Waals surface area contributed by atoms with Crippen molar-refractivity contribution in [2.24, 2.45) is 5.11 Å². The number of ether oxygens (including phenoxy) is 1. The van der Waals surface area contributed by atoms with Crippen LogP contribution in [0.1, 0.15) is 11.6 Å². The third-order valence-corrected chi connectivity index (χ3v) is 1.84. The van der Waals surface area contributed by atoms with Gasteiger partial charge in [-0.1, -0.05) is 17.2 Å². The summed E-state index contributed by atoms with van der Waals surface area (Å²) >= 11 is 0. The second kappa shape index (κ2) is 5.11. The van der Waals surface area contributed by atoms with E-state index in [1.807, 2.05) is 0 Å². The number of aliphatic hydroxyl groups is 1. The number of azide groups is 1. The predicted octanol–water partition coefficient (Wildman–Crippen LogP) is 2.04. The third kappa shape index (κ3) is 2.39. The minimum atomic E-state index is -0.546. The molecule has 0 amide bonds. The zero-order valence-corrected chi connectivity index (χ0v) is 7.79. The van der Waals surface area contributed by atoms with Gasteiger partial charge in [0.25, 0.3) is 0 Å². The summed E-state index contributed by atoms with van der Waals surface area (Å²) in [6.45, 7) is -0.211. The van der Waals surface area contributed by atoms with Crippen LogP contribution in [0.5, 0.6) is 5.75 Å². The van der Waals surface area contributed by atoms with E-state index in [0.717, 1.165) is 5.56 Å². The summed E-state index contributed by atoms with van der Waals surface area (Å²) in [6, 6.07) is 6.53. The van der Waals surface area contributed by atoms with Gasteiger partial charge in [-0.05, 0) is 23.2 Å². The van der Waals surface area contributed by atoms with Crippen molar-refractivity contribution in [1.82, 2.24) is 0 Å². The smallest absolute Gasteiger partial charge is 0.119 e. The zero-order chi connectivity index (χ0) is 10.4. The van der Waals surface area contributed by atoms with Crippen molar-refractivity contribution in [2.75, 3.05) is 13.7 Å². The van der Waals surface area contributed by atoms with E-state index in [9.17, 15) is 0 Å². The molecule has 0 fully saturated rings. The van der Waals surface area contributed by atoms with Crippen LogP contribution in [-0.2, 0) is 0 Å². The second-order valence-electron chi connectivity index (χ2n) is 2.68. The van der Waals surface area contributed by atoms with Gasteiger partial charge in [-0.25, -0.2) is 0 Å². The van der Waals surface area contributed by atoms with Crippen LogP contribution >= 0.6 is 0 Å². The Kier molecular flexibility index (Phi) is 3.79. The summed E-state index contributed by atoms with van der Waals surface area (Å²) in [5.74, 6) is 0.675. The average molecular weight is 193 g/mol. The molecule has 0 aliphatic heterocycles. The first kappa shape index (κ1) is 10.4. The van der Waals surface area contributed by atoms with Crippen molar-refractivity contribution in [3.63, 3.8) is 0 Å². The third-order valence-electron chi connectivity index (χ3n) is 1.84. The molecule has 0 unspecified atom stereocenters. The van der Waals surface area contributed by atoms with Crippen molar-refractivity contribution < 1.29 is 9.84 Å². The molecule has 0 aliphatic rings. The van der Waals surface area contributed by atoms with Crippen LogP contribution < -0.4 is 4.74 Å². The molecule has 14 heavy (non-hydrogen) atoms. The van der Waals surface area contributed by atoms with Crippen LogP contribution in [0.2, 0.25) is 0 Å². The lowest BCUT2D eigenvalue weighted by Gasteiger charge is -2.08. The first-order valence-electron chi connectivity index (χ1n) is 4.11. The minimum Gasteiger partial charge on any atom is -0.497 e. The van der Waals surface area contributed by atoms with E-state index in [2.05, 4.69) is 10.0 Å². The van der Waals surface area contributed by atoms with Crippen LogP contribution in [0.25, 0.3) is 10.4 Å². The molecule has 0 spiro atoms. The number of rotatable bonds is 4. The number of aliphatic hydroxyl groups excluding tert-OH is 1. The van der Waals surface area contributed by atoms with Gasteiger partial charge < -0.3 is 9.84 Å². The molecular weight excluding hydrogens is 182 g/mol. The molecule has 0 saturated carbocycles. The van der Waals surface area contributed by atoms with Crippen LogP contribution in [0, 0.1) is 0 Å². The average Bonchev–Trinajstić information content (AvgIpc) is 2.26. The molecule has 1 aromatic rings. The monoisotopic (exact) mass is 193 g/mol. The second-order valence-corrected chi connectivity index (χ2v) is 2.68. The number of benzene rings is 1. The van der Waals surface area contributed by atoms with Crippen LogP contribution in [0.4, 0.5) is 0 Å². The maximum atomic E-state index is 8.97. The highest BCUT2D eigenvalue weighted by Crippen LogP contribution is 2.21. The first-order valence-corrected chi connectivity index (χ1v) is 4.11. The van der Waals surface area contributed by atoms with Crippen molar-refractivity contribution in [1.29, 1.82) is 0 Å². The van der Waals surface area contributed by atoms with Gasteiger partial charge in [-0.3, -0.25) is 0 Å². The van der Waals surface area contributed by atoms with E-state index in [-0.39, 0.29) is 6.61 Å². The largest absolute Gasteiger partial charge is 0.497 e. The van der Waals surface area contributed by atoms with Gasteiger partial charge in [0.05, 0.1) is 19.8 Å². The molecule has 1 N–H and O–H groups in total. The quantitative estimate of drug-likeness (QED) is 0.451. The van der Waals surface area contributed by atoms with E-state index in [1.165, 1.54) is 0 Å². The highest BCUT2D eigenvalue weighted by Gasteiger charge is 2.08. The Morgan fingerprint density at radius 1 is 1.64 bits per heavy atom. The normalized spacial score (nSPS) is 11.6. The first-order chi connectivity index (χ1) is 6.81. The highest BCUT2D eigenvalue weighted by atomic mass is 16.5. The fraction of sp³-hybridized carbons (Fsp3) is 0.333. The van der Waals surface area contributed by atoms with Gasteiger partial charge >= 0.3 is 0 Å². The Hall–Kier alpha value is -1.71. The number of nitrogens with zero attached hydrogens (tertiary/aromatic N) is 3. The topological polar surface area (TPSA) is 78.2 Å². The van der Waals surface area contributed by atoms with Crippen LogP contribution in [0.15, 0.2) is 29.4 Å². The Labute approximate surface area is 81.6 Å². The van der Waals surface area contributed by atoms with Crippen molar-refractivity contribution in [2.45, 2.75) is 6.04 Å². The SMILES string of the molecule is COc1cccc([C@H](CO)N=[N+]=[N-])c1. The molecule has 0 heterocycles. The number of hydrogen-bond donors (Lipinski definition) is 1. The fourth-order valence-corrected chi connectivity index (χ4v) is 1.12. The molecule has 0 bridgehead atoms. The summed E-state index contributed by atoms with van der Waals surface area (Å²) in [5.41, 5.74) is 9.01. The molecule has 5 nitrogen and oxygen atoms in total. The van der Waals surface area contributed by atoms with E-state index < -0.39 is 6.04 Å². The number of hydrogen-bond acceptors (Lipinski definition) is 3. The van der Waals surface area contributed by atoms with Gasteiger partial charge in [-0.15, -0.1) is 0 Å². The van der Waals surface area contributed by atoms with Gasteiger partial charge in [0.1, 0.15) is 5.75 Å². The maximum Gasteiger partial charge on any atom is 0.119 e. The van der Waals surface area contributed by atoms with Gasteiger partial charge in [-0.2, -0.15) is 0 Å². The lowest BCUT2D eigenvalue weighted by atomic mass is 10.1. The molecular formula is C9H11N3O2. The van der Waals surface area contributed by atoms with E-state index in [0.29, 0.717) is 5.75 Å². The summed E-state index contributed by atoms with van der Waals surface area (Å²) in [4.78, 5) is 2.66. The fourth-order valence-electron chi connectivity index (χ4n) is 1.12. The summed E-state index contributed by atoms with van der Waals surface area (Å²) < 4.78 is 5.01. The molecule has 1 rings (SSSR count). The van der Waals surface area contributed by atoms with Gasteiger partial charge in [0, 0.05) is 4.91 Å². The molecule has 0 aromatic heterocycles. The molecule has 0 aliphatic carbocycles. The van der Waals surface area contributed by atoms with Crippen LogP contribution in [-0.4, -0.2) is 18.8 Å². The van der Waals surface area contributed by atoms with Crippen molar-refractivity contribution in [3.8, 4) is 5.75 Å². The summed E-state index contributed by atoms with van der Waals surface area (Å²) in [6.07, 6.45) is 0. The molecule has 74 valence electrons. The van der Waals surface area contributed by atoms with Gasteiger partial charge in [0.15, 0.2) is 0 Å². The van der Waals surface area contributed by atoms with Gasteiger partial charge in [0.2, 0.25) is 0 Å². The minimum absolute atomic E-state index is 0.211. The Bertz CT molecular complexity index is 348. The maximum absolute atomic E-state index is 8.97. The zero-order valence-electron chi connectivity index (χ0n) is 7.79. The standard InChI is InChI=1S/C9H11N3O2/c1-14-8-4-2-3-7(5-8)9(6-13)11-12-10/h2-5,9,13H,6H2,1H3/t9-/m0/s1. The molecule has 5 heteroatoms. The van der Waals surface area contributed by atoms with Crippen molar-refractivity contribution >= 4 is 0 Å². The number of methoxy groups -OCH3 is 1. The van der Waals surface area contributed by atoms with E-state index in [1.54, 1.807) is 31.4 Å². The molecule has 0 radical (unpaired) electrons. The lowest BCUT2D eigenvalue weighted by Crippen LogP contribution is -2.00. The van der Waals surface area contributed by atoms with Crippen LogP contribution in [0.3, 0.4) is 0 Å². The molecule has 1 aromatic carbocycles. The summed E-state index contributed by atoms with van der Waals surface area (Å²) in [5, 5.41) is 12.4. The summed E-state index contributed by atoms with van der Waals surface area (Å²) in [7, 11) is 1.56. The Morgan fingerprint density at radius 2 is 2.43 bits per heavy atom. The molecule has 0 saturated heterocycles. The van der Waals surface area contributed by atoms with E-state index >= 15 is 0 Å². The Balaban J connectivity index is 2.97. The molecule has 1 atom stereocenters. The lowest BCUT2D eigenvalue weighted by molar-refractivity contribution is 0.267. The predicted molar refractivity (Wildman–Crippen MR) is 52.0 cm³/mol. The Morgan fingerprint density at radius 3 is 3.00 bits per heavy atom. The van der Waals surface area contributed by atoms with Crippen molar-refractivity contribution in [3.05, 3.63) is 40.3 Å².